The molecule has 9 nitrogen and oxygen atoms in total. The van der Waals surface area contributed by atoms with Gasteiger partial charge < -0.3 is 19.8 Å². The lowest BCUT2D eigenvalue weighted by Gasteiger charge is -2.30. The molecular formula is C18H18N6O3. The Labute approximate surface area is 154 Å². The third-order valence-corrected chi connectivity index (χ3v) is 4.21. The number of oxazole rings is 1. The standard InChI is InChI=1S/C18H18N6O3/c1-10-9-21-18(19,15-8-12(26-2)5-6-20-15)24-16(10)22-11-3-4-14-13(7-11)23-17(25)27-14/h3-9,21H,19H2,1-2H3,(H,22,24)(H,23,25). The van der Waals surface area contributed by atoms with Crippen molar-refractivity contribution >= 4 is 22.6 Å². The number of rotatable bonds is 3. The fourth-order valence-electron chi connectivity index (χ4n) is 2.75. The first-order valence-electron chi connectivity index (χ1n) is 8.21. The van der Waals surface area contributed by atoms with Crippen LogP contribution in [0.1, 0.15) is 12.6 Å². The number of pyridine rings is 1. The minimum absolute atomic E-state index is 0.485. The average Bonchev–Trinajstić information content (AvgIpc) is 3.04. The number of methoxy groups -OCH3 is 1. The molecule has 3 aromatic rings. The molecule has 0 radical (unpaired) electrons. The summed E-state index contributed by atoms with van der Waals surface area (Å²) in [4.78, 5) is 22.9. The molecule has 0 aliphatic carbocycles. The summed E-state index contributed by atoms with van der Waals surface area (Å²) in [5.74, 6) is -0.532. The third-order valence-electron chi connectivity index (χ3n) is 4.21. The van der Waals surface area contributed by atoms with Crippen molar-refractivity contribution < 1.29 is 9.15 Å². The predicted molar refractivity (Wildman–Crippen MR) is 101 cm³/mol. The minimum Gasteiger partial charge on any atom is -0.497 e. The van der Waals surface area contributed by atoms with Crippen LogP contribution in [-0.4, -0.2) is 22.9 Å². The van der Waals surface area contributed by atoms with Gasteiger partial charge in [-0.2, -0.15) is 0 Å². The molecule has 138 valence electrons. The van der Waals surface area contributed by atoms with E-state index in [0.29, 0.717) is 28.4 Å². The van der Waals surface area contributed by atoms with Gasteiger partial charge in [-0.25, -0.2) is 9.79 Å². The van der Waals surface area contributed by atoms with Crippen molar-refractivity contribution in [2.24, 2.45) is 10.7 Å². The number of amidine groups is 1. The van der Waals surface area contributed by atoms with Gasteiger partial charge in [-0.1, -0.05) is 0 Å². The van der Waals surface area contributed by atoms with Crippen LogP contribution < -0.4 is 26.9 Å². The van der Waals surface area contributed by atoms with Crippen LogP contribution >= 0.6 is 0 Å². The van der Waals surface area contributed by atoms with Crippen LogP contribution in [0.2, 0.25) is 0 Å². The van der Waals surface area contributed by atoms with E-state index in [-0.39, 0.29) is 0 Å². The number of hydrogen-bond donors (Lipinski definition) is 4. The minimum atomic E-state index is -1.25. The molecule has 1 unspecified atom stereocenters. The second kappa shape index (κ2) is 6.29. The van der Waals surface area contributed by atoms with Crippen molar-refractivity contribution in [2.75, 3.05) is 12.4 Å². The number of nitrogens with zero attached hydrogens (tertiary/aromatic N) is 2. The number of anilines is 1. The molecule has 4 rings (SSSR count). The number of nitrogens with one attached hydrogen (secondary N) is 3. The number of aliphatic imine (C=N–C) groups is 1. The van der Waals surface area contributed by atoms with Gasteiger partial charge in [0.25, 0.3) is 0 Å². The number of hydrogen-bond acceptors (Lipinski definition) is 8. The summed E-state index contributed by atoms with van der Waals surface area (Å²) < 4.78 is 10.3. The molecule has 2 aromatic heterocycles. The SMILES string of the molecule is COc1ccnc(C2(N)N=C(Nc3ccc4oc(=O)[nH]c4c3)C(C)=CN2)c1. The fraction of sp³-hybridized carbons (Fsp3) is 0.167. The van der Waals surface area contributed by atoms with E-state index in [9.17, 15) is 4.79 Å². The molecule has 0 spiro atoms. The van der Waals surface area contributed by atoms with E-state index in [1.807, 2.05) is 6.92 Å². The molecule has 0 saturated heterocycles. The highest BCUT2D eigenvalue weighted by molar-refractivity contribution is 6.08. The molecule has 5 N–H and O–H groups in total. The first-order chi connectivity index (χ1) is 13.0. The maximum absolute atomic E-state index is 11.3. The Morgan fingerprint density at radius 3 is 2.96 bits per heavy atom. The van der Waals surface area contributed by atoms with E-state index in [1.165, 1.54) is 0 Å². The monoisotopic (exact) mass is 366 g/mol. The van der Waals surface area contributed by atoms with Gasteiger partial charge >= 0.3 is 5.76 Å². The molecule has 27 heavy (non-hydrogen) atoms. The molecule has 0 fully saturated rings. The summed E-state index contributed by atoms with van der Waals surface area (Å²) in [6, 6.07) is 8.72. The van der Waals surface area contributed by atoms with Crippen molar-refractivity contribution in [1.82, 2.24) is 15.3 Å². The number of H-pyrrole nitrogens is 1. The van der Waals surface area contributed by atoms with Crippen LogP contribution in [0.25, 0.3) is 11.1 Å². The van der Waals surface area contributed by atoms with Crippen molar-refractivity contribution in [3.05, 3.63) is 64.5 Å². The average molecular weight is 366 g/mol. The van der Waals surface area contributed by atoms with E-state index in [4.69, 9.17) is 14.9 Å². The number of aromatic nitrogens is 2. The zero-order valence-corrected chi connectivity index (χ0v) is 14.7. The lowest BCUT2D eigenvalue weighted by molar-refractivity contribution is 0.383. The summed E-state index contributed by atoms with van der Waals surface area (Å²) in [5, 5.41) is 6.29. The quantitative estimate of drug-likeness (QED) is 0.554. The van der Waals surface area contributed by atoms with Crippen molar-refractivity contribution in [3.8, 4) is 5.75 Å². The van der Waals surface area contributed by atoms with Gasteiger partial charge in [0.2, 0.25) is 5.79 Å². The fourth-order valence-corrected chi connectivity index (χ4v) is 2.75. The first kappa shape index (κ1) is 16.9. The van der Waals surface area contributed by atoms with Crippen LogP contribution in [0.4, 0.5) is 5.69 Å². The summed E-state index contributed by atoms with van der Waals surface area (Å²) in [6.45, 7) is 1.90. The highest BCUT2D eigenvalue weighted by Gasteiger charge is 2.31. The summed E-state index contributed by atoms with van der Waals surface area (Å²) in [5.41, 5.74) is 9.62. The summed E-state index contributed by atoms with van der Waals surface area (Å²) in [6.07, 6.45) is 3.39. The van der Waals surface area contributed by atoms with Crippen LogP contribution in [0.15, 0.2) is 62.5 Å². The Kier molecular flexibility index (Phi) is 3.93. The molecule has 1 aliphatic rings. The number of benzene rings is 1. The summed E-state index contributed by atoms with van der Waals surface area (Å²) in [7, 11) is 1.58. The van der Waals surface area contributed by atoms with Crippen LogP contribution in [-0.2, 0) is 5.79 Å². The molecule has 1 atom stereocenters. The Morgan fingerprint density at radius 1 is 1.30 bits per heavy atom. The maximum atomic E-state index is 11.3. The van der Waals surface area contributed by atoms with Gasteiger partial charge in [-0.15, -0.1) is 0 Å². The molecule has 0 amide bonds. The Hall–Kier alpha value is -3.59. The molecule has 1 aliphatic heterocycles. The predicted octanol–water partition coefficient (Wildman–Crippen LogP) is 1.61. The van der Waals surface area contributed by atoms with Gasteiger partial charge in [0.15, 0.2) is 5.58 Å². The Balaban J connectivity index is 1.68. The smallest absolute Gasteiger partial charge is 0.417 e. The highest BCUT2D eigenvalue weighted by atomic mass is 16.5. The van der Waals surface area contributed by atoms with Crippen molar-refractivity contribution in [1.29, 1.82) is 0 Å². The lowest BCUT2D eigenvalue weighted by atomic mass is 10.1. The molecule has 3 heterocycles. The van der Waals surface area contributed by atoms with Gasteiger partial charge in [0.1, 0.15) is 17.3 Å². The molecule has 1 aromatic carbocycles. The van der Waals surface area contributed by atoms with Crippen LogP contribution in [0, 0.1) is 0 Å². The number of ether oxygens (including phenoxy) is 1. The molecule has 0 bridgehead atoms. The molecule has 0 saturated carbocycles. The molecule has 9 heteroatoms. The molecular weight excluding hydrogens is 348 g/mol. The van der Waals surface area contributed by atoms with E-state index in [0.717, 1.165) is 11.3 Å². The Bertz CT molecular complexity index is 1130. The van der Waals surface area contributed by atoms with Crippen LogP contribution in [0.3, 0.4) is 0 Å². The second-order valence-electron chi connectivity index (χ2n) is 6.13. The van der Waals surface area contributed by atoms with E-state index < -0.39 is 11.5 Å². The van der Waals surface area contributed by atoms with E-state index in [2.05, 4.69) is 25.6 Å². The van der Waals surface area contributed by atoms with Gasteiger partial charge in [-0.05, 0) is 31.2 Å². The zero-order chi connectivity index (χ0) is 19.0. The largest absolute Gasteiger partial charge is 0.497 e. The van der Waals surface area contributed by atoms with E-state index >= 15 is 0 Å². The Morgan fingerprint density at radius 2 is 2.15 bits per heavy atom. The zero-order valence-electron chi connectivity index (χ0n) is 14.7. The van der Waals surface area contributed by atoms with E-state index in [1.54, 1.807) is 49.8 Å². The lowest BCUT2D eigenvalue weighted by Crippen LogP contribution is -2.50. The van der Waals surface area contributed by atoms with Crippen molar-refractivity contribution in [3.63, 3.8) is 0 Å². The second-order valence-corrected chi connectivity index (χ2v) is 6.13. The summed E-state index contributed by atoms with van der Waals surface area (Å²) >= 11 is 0. The third kappa shape index (κ3) is 3.15. The first-order valence-corrected chi connectivity index (χ1v) is 8.21. The topological polar surface area (TPSA) is 131 Å². The maximum Gasteiger partial charge on any atom is 0.417 e. The van der Waals surface area contributed by atoms with Crippen LogP contribution in [0.5, 0.6) is 5.75 Å². The highest BCUT2D eigenvalue weighted by Crippen LogP contribution is 2.24. The van der Waals surface area contributed by atoms with Gasteiger partial charge in [-0.3, -0.25) is 15.7 Å². The van der Waals surface area contributed by atoms with Gasteiger partial charge in [0.05, 0.1) is 12.6 Å². The van der Waals surface area contributed by atoms with Crippen molar-refractivity contribution in [2.45, 2.75) is 12.7 Å². The number of aromatic amines is 1. The number of fused-ring (bicyclic) bond motifs is 1. The normalized spacial score (nSPS) is 19.2. The number of nitrogens with two attached hydrogens (primary N) is 1. The van der Waals surface area contributed by atoms with Gasteiger partial charge in [0, 0.05) is 29.7 Å².